The summed E-state index contributed by atoms with van der Waals surface area (Å²) in [7, 11) is 1.62. The Bertz CT molecular complexity index is 984. The van der Waals surface area contributed by atoms with Crippen LogP contribution in [0.15, 0.2) is 67.1 Å². The maximum atomic E-state index is 12.9. The Morgan fingerprint density at radius 3 is 2.53 bits per heavy atom. The molecule has 1 unspecified atom stereocenters. The number of aliphatic hydroxyl groups is 1. The van der Waals surface area contributed by atoms with Gasteiger partial charge in [-0.3, -0.25) is 14.8 Å². The number of rotatable bonds is 5. The van der Waals surface area contributed by atoms with Gasteiger partial charge in [0.2, 0.25) is 0 Å². The molecule has 154 valence electrons. The number of likely N-dealkylation sites (tertiary alicyclic amines) is 1. The van der Waals surface area contributed by atoms with Crippen molar-refractivity contribution in [2.75, 3.05) is 20.2 Å². The molecular formula is C24H25N3O3. The van der Waals surface area contributed by atoms with Gasteiger partial charge in [-0.1, -0.05) is 18.2 Å². The fourth-order valence-electron chi connectivity index (χ4n) is 3.97. The van der Waals surface area contributed by atoms with Crippen molar-refractivity contribution in [1.29, 1.82) is 0 Å². The molecule has 0 aliphatic carbocycles. The Labute approximate surface area is 176 Å². The first-order chi connectivity index (χ1) is 14.7. The van der Waals surface area contributed by atoms with E-state index in [1.165, 1.54) is 0 Å². The third-order valence-electron chi connectivity index (χ3n) is 5.71. The average Bonchev–Trinajstić information content (AvgIpc) is 2.84. The number of pyridine rings is 2. The van der Waals surface area contributed by atoms with Crippen LogP contribution in [0.1, 0.15) is 35.0 Å². The smallest absolute Gasteiger partial charge is 0.253 e. The maximum absolute atomic E-state index is 12.9. The molecule has 6 nitrogen and oxygen atoms in total. The number of hydrogen-bond acceptors (Lipinski definition) is 5. The van der Waals surface area contributed by atoms with Gasteiger partial charge < -0.3 is 14.7 Å². The number of aromatic nitrogens is 2. The number of methoxy groups -OCH3 is 1. The number of piperidine rings is 1. The molecule has 1 aliphatic rings. The summed E-state index contributed by atoms with van der Waals surface area (Å²) in [5.41, 5.74) is 3.28. The van der Waals surface area contributed by atoms with E-state index in [1.807, 2.05) is 53.4 Å². The van der Waals surface area contributed by atoms with Crippen LogP contribution in [0.2, 0.25) is 0 Å². The SMILES string of the molecule is COc1cnccc1-c1ccc(C(=O)N2CCC(C(O)c3ccccn3)CC2)cc1. The van der Waals surface area contributed by atoms with Gasteiger partial charge >= 0.3 is 0 Å². The van der Waals surface area contributed by atoms with Crippen molar-refractivity contribution in [3.63, 3.8) is 0 Å². The van der Waals surface area contributed by atoms with Gasteiger partial charge in [0.05, 0.1) is 25.1 Å². The first kappa shape index (κ1) is 20.0. The molecule has 0 saturated carbocycles. The van der Waals surface area contributed by atoms with Crippen LogP contribution in [0.4, 0.5) is 0 Å². The number of nitrogens with zero attached hydrogens (tertiary/aromatic N) is 3. The first-order valence-corrected chi connectivity index (χ1v) is 10.1. The minimum Gasteiger partial charge on any atom is -0.494 e. The van der Waals surface area contributed by atoms with Gasteiger partial charge in [0.15, 0.2) is 0 Å². The molecule has 0 spiro atoms. The molecule has 0 radical (unpaired) electrons. The van der Waals surface area contributed by atoms with Gasteiger partial charge in [-0.15, -0.1) is 0 Å². The van der Waals surface area contributed by atoms with Crippen LogP contribution >= 0.6 is 0 Å². The Balaban J connectivity index is 1.40. The zero-order valence-corrected chi connectivity index (χ0v) is 16.9. The first-order valence-electron chi connectivity index (χ1n) is 10.1. The Hall–Kier alpha value is -3.25. The molecule has 1 saturated heterocycles. The summed E-state index contributed by atoms with van der Waals surface area (Å²) in [5.74, 6) is 0.838. The number of aliphatic hydroxyl groups excluding tert-OH is 1. The van der Waals surface area contributed by atoms with E-state index in [9.17, 15) is 9.90 Å². The lowest BCUT2D eigenvalue weighted by Crippen LogP contribution is -2.39. The quantitative estimate of drug-likeness (QED) is 0.702. The molecule has 1 N–H and O–H groups in total. The molecule has 1 fully saturated rings. The maximum Gasteiger partial charge on any atom is 0.253 e. The van der Waals surface area contributed by atoms with Crippen molar-refractivity contribution in [3.8, 4) is 16.9 Å². The Morgan fingerprint density at radius 1 is 1.10 bits per heavy atom. The van der Waals surface area contributed by atoms with Gasteiger partial charge in [0, 0.05) is 36.6 Å². The van der Waals surface area contributed by atoms with Crippen LogP contribution in [0.3, 0.4) is 0 Å². The number of benzene rings is 1. The van der Waals surface area contributed by atoms with Crippen molar-refractivity contribution < 1.29 is 14.6 Å². The van der Waals surface area contributed by atoms with Gasteiger partial charge in [-0.25, -0.2) is 0 Å². The van der Waals surface area contributed by atoms with E-state index < -0.39 is 6.10 Å². The largest absolute Gasteiger partial charge is 0.494 e. The van der Waals surface area contributed by atoms with E-state index >= 15 is 0 Å². The molecule has 3 aromatic rings. The minimum atomic E-state index is -0.585. The molecule has 3 heterocycles. The topological polar surface area (TPSA) is 75.5 Å². The van der Waals surface area contributed by atoms with Crippen LogP contribution in [0.25, 0.3) is 11.1 Å². The molecule has 2 aromatic heterocycles. The van der Waals surface area contributed by atoms with Gasteiger partial charge in [0.25, 0.3) is 5.91 Å². The summed E-state index contributed by atoms with van der Waals surface area (Å²) in [5, 5.41) is 10.6. The summed E-state index contributed by atoms with van der Waals surface area (Å²) < 4.78 is 5.37. The van der Waals surface area contributed by atoms with Gasteiger partial charge in [0.1, 0.15) is 5.75 Å². The fourth-order valence-corrected chi connectivity index (χ4v) is 3.97. The Kier molecular flexibility index (Phi) is 6.05. The van der Waals surface area contributed by atoms with E-state index in [1.54, 1.807) is 25.7 Å². The highest BCUT2D eigenvalue weighted by Crippen LogP contribution is 2.31. The highest BCUT2D eigenvalue weighted by atomic mass is 16.5. The highest BCUT2D eigenvalue weighted by Gasteiger charge is 2.29. The number of hydrogen-bond donors (Lipinski definition) is 1. The van der Waals surface area contributed by atoms with Crippen molar-refractivity contribution in [2.45, 2.75) is 18.9 Å². The number of carbonyl (C=O) groups is 1. The molecule has 30 heavy (non-hydrogen) atoms. The molecule has 0 bridgehead atoms. The lowest BCUT2D eigenvalue weighted by molar-refractivity contribution is 0.0447. The summed E-state index contributed by atoms with van der Waals surface area (Å²) in [6.45, 7) is 1.26. The number of ether oxygens (including phenoxy) is 1. The van der Waals surface area contributed by atoms with Crippen LogP contribution in [-0.2, 0) is 0 Å². The van der Waals surface area contributed by atoms with Crippen LogP contribution in [0, 0.1) is 5.92 Å². The third kappa shape index (κ3) is 4.19. The second-order valence-corrected chi connectivity index (χ2v) is 7.48. The van der Waals surface area contributed by atoms with Crippen molar-refractivity contribution >= 4 is 5.91 Å². The molecular weight excluding hydrogens is 378 g/mol. The van der Waals surface area contributed by atoms with Crippen molar-refractivity contribution in [1.82, 2.24) is 14.9 Å². The summed E-state index contributed by atoms with van der Waals surface area (Å²) in [6.07, 6.45) is 6.03. The zero-order valence-electron chi connectivity index (χ0n) is 16.9. The predicted octanol–water partition coefficient (Wildman–Crippen LogP) is 3.74. The van der Waals surface area contributed by atoms with Crippen molar-refractivity contribution in [2.24, 2.45) is 5.92 Å². The molecule has 1 aromatic carbocycles. The minimum absolute atomic E-state index is 0.0222. The fraction of sp³-hybridized carbons (Fsp3) is 0.292. The van der Waals surface area contributed by atoms with E-state index in [-0.39, 0.29) is 11.8 Å². The normalized spacial score (nSPS) is 15.6. The summed E-state index contributed by atoms with van der Waals surface area (Å²) in [6, 6.07) is 15.0. The average molecular weight is 403 g/mol. The van der Waals surface area contributed by atoms with Crippen LogP contribution in [-0.4, -0.2) is 46.1 Å². The highest BCUT2D eigenvalue weighted by molar-refractivity contribution is 5.94. The summed E-state index contributed by atoms with van der Waals surface area (Å²) >= 11 is 0. The second-order valence-electron chi connectivity index (χ2n) is 7.48. The predicted molar refractivity (Wildman–Crippen MR) is 114 cm³/mol. The van der Waals surface area contributed by atoms with Gasteiger partial charge in [-0.05, 0) is 54.7 Å². The standard InChI is InChI=1S/C24H25N3O3/c1-30-22-16-25-13-9-20(22)17-5-7-19(8-6-17)24(29)27-14-10-18(11-15-27)23(28)21-4-2-3-12-26-21/h2-9,12-13,16,18,23,28H,10-11,14-15H2,1H3. The molecule has 4 rings (SSSR count). The van der Waals surface area contributed by atoms with Gasteiger partial charge in [-0.2, -0.15) is 0 Å². The monoisotopic (exact) mass is 403 g/mol. The van der Waals surface area contributed by atoms with Crippen molar-refractivity contribution in [3.05, 3.63) is 78.4 Å². The second kappa shape index (κ2) is 9.05. The number of amides is 1. The van der Waals surface area contributed by atoms with Crippen LogP contribution < -0.4 is 4.74 Å². The zero-order chi connectivity index (χ0) is 20.9. The third-order valence-corrected chi connectivity index (χ3v) is 5.71. The Morgan fingerprint density at radius 2 is 1.87 bits per heavy atom. The van der Waals surface area contributed by atoms with E-state index in [0.717, 1.165) is 24.0 Å². The van der Waals surface area contributed by atoms with E-state index in [4.69, 9.17) is 4.74 Å². The molecule has 6 heteroatoms. The molecule has 1 amide bonds. The molecule has 1 aliphatic heterocycles. The summed E-state index contributed by atoms with van der Waals surface area (Å²) in [4.78, 5) is 23.1. The molecule has 1 atom stereocenters. The van der Waals surface area contributed by atoms with E-state index in [0.29, 0.717) is 30.1 Å². The van der Waals surface area contributed by atoms with E-state index in [2.05, 4.69) is 9.97 Å². The van der Waals surface area contributed by atoms with Crippen LogP contribution in [0.5, 0.6) is 5.75 Å². The lowest BCUT2D eigenvalue weighted by atomic mass is 9.89. The number of carbonyl (C=O) groups excluding carboxylic acids is 1. The lowest BCUT2D eigenvalue weighted by Gasteiger charge is -2.34.